The zero-order chi connectivity index (χ0) is 13.7. The van der Waals surface area contributed by atoms with E-state index >= 15 is 0 Å². The number of nitrogens with one attached hydrogen (secondary N) is 1. The molecular weight excluding hydrogens is 241 g/mol. The van der Waals surface area contributed by atoms with E-state index in [1.54, 1.807) is 30.3 Å². The van der Waals surface area contributed by atoms with Crippen molar-refractivity contribution in [2.75, 3.05) is 5.32 Å². The number of benzene rings is 2. The van der Waals surface area contributed by atoms with Gasteiger partial charge in [-0.3, -0.25) is 0 Å². The average Bonchev–Trinajstić information content (AvgIpc) is 2.45. The van der Waals surface area contributed by atoms with Crippen LogP contribution in [0.25, 0.3) is 0 Å². The monoisotopic (exact) mass is 251 g/mol. The minimum atomic E-state index is -0.421. The number of nitriles is 2. The van der Waals surface area contributed by atoms with Gasteiger partial charge in [-0.15, -0.1) is 0 Å². The maximum absolute atomic E-state index is 13.2. The molecule has 3 nitrogen and oxygen atoms in total. The van der Waals surface area contributed by atoms with Gasteiger partial charge < -0.3 is 5.32 Å². The van der Waals surface area contributed by atoms with Gasteiger partial charge in [-0.25, -0.2) is 4.39 Å². The Morgan fingerprint density at radius 2 is 1.63 bits per heavy atom. The highest BCUT2D eigenvalue weighted by molar-refractivity contribution is 5.48. The molecule has 1 N–H and O–H groups in total. The summed E-state index contributed by atoms with van der Waals surface area (Å²) in [6, 6.07) is 15.1. The molecule has 0 spiro atoms. The molecule has 2 rings (SSSR count). The maximum Gasteiger partial charge on any atom is 0.124 e. The van der Waals surface area contributed by atoms with Gasteiger partial charge in [0.25, 0.3) is 0 Å². The fraction of sp³-hybridized carbons (Fsp3) is 0.0667. The van der Waals surface area contributed by atoms with Crippen molar-refractivity contribution in [1.29, 1.82) is 10.5 Å². The summed E-state index contributed by atoms with van der Waals surface area (Å²) >= 11 is 0. The Morgan fingerprint density at radius 3 is 2.26 bits per heavy atom. The predicted molar refractivity (Wildman–Crippen MR) is 69.6 cm³/mol. The number of hydrogen-bond acceptors (Lipinski definition) is 3. The quantitative estimate of drug-likeness (QED) is 0.911. The first kappa shape index (κ1) is 12.6. The van der Waals surface area contributed by atoms with Crippen molar-refractivity contribution in [3.05, 3.63) is 65.0 Å². The van der Waals surface area contributed by atoms with Gasteiger partial charge in [-0.05, 0) is 48.0 Å². The highest BCUT2D eigenvalue weighted by Gasteiger charge is 2.01. The van der Waals surface area contributed by atoms with Crippen molar-refractivity contribution in [2.24, 2.45) is 0 Å². The van der Waals surface area contributed by atoms with Crippen LogP contribution in [0.3, 0.4) is 0 Å². The smallest absolute Gasteiger partial charge is 0.124 e. The molecule has 0 fully saturated rings. The highest BCUT2D eigenvalue weighted by Crippen LogP contribution is 2.13. The zero-order valence-corrected chi connectivity index (χ0v) is 10.0. The second kappa shape index (κ2) is 5.66. The summed E-state index contributed by atoms with van der Waals surface area (Å²) in [7, 11) is 0. The van der Waals surface area contributed by atoms with E-state index in [9.17, 15) is 4.39 Å². The summed E-state index contributed by atoms with van der Waals surface area (Å²) in [6.07, 6.45) is 0. The molecule has 0 aliphatic carbocycles. The lowest BCUT2D eigenvalue weighted by molar-refractivity contribution is 0.625. The van der Waals surface area contributed by atoms with E-state index in [2.05, 4.69) is 5.32 Å². The summed E-state index contributed by atoms with van der Waals surface area (Å²) in [5.41, 5.74) is 2.42. The fourth-order valence-corrected chi connectivity index (χ4v) is 1.68. The molecule has 92 valence electrons. The molecule has 0 aliphatic heterocycles. The number of anilines is 1. The highest BCUT2D eigenvalue weighted by atomic mass is 19.1. The molecular formula is C15H10FN3. The first-order chi connectivity index (χ1) is 9.21. The molecule has 0 amide bonds. The van der Waals surface area contributed by atoms with E-state index in [1.807, 2.05) is 12.1 Å². The summed E-state index contributed by atoms with van der Waals surface area (Å²) in [6.45, 7) is 0.415. The van der Waals surface area contributed by atoms with Crippen molar-refractivity contribution in [1.82, 2.24) is 0 Å². The van der Waals surface area contributed by atoms with Gasteiger partial charge in [0.15, 0.2) is 0 Å². The largest absolute Gasteiger partial charge is 0.381 e. The van der Waals surface area contributed by atoms with Gasteiger partial charge in [0.2, 0.25) is 0 Å². The number of nitrogens with zero attached hydrogens (tertiary/aromatic N) is 2. The van der Waals surface area contributed by atoms with Crippen molar-refractivity contribution in [3.63, 3.8) is 0 Å². The first-order valence-electron chi connectivity index (χ1n) is 5.65. The van der Waals surface area contributed by atoms with Crippen LogP contribution in [0.15, 0.2) is 42.5 Å². The second-order valence-electron chi connectivity index (χ2n) is 4.00. The fourth-order valence-electron chi connectivity index (χ4n) is 1.68. The maximum atomic E-state index is 13.2. The van der Waals surface area contributed by atoms with Gasteiger partial charge in [-0.1, -0.05) is 0 Å². The van der Waals surface area contributed by atoms with Crippen LogP contribution in [-0.2, 0) is 6.54 Å². The number of halogens is 1. The van der Waals surface area contributed by atoms with Crippen LogP contribution in [0.2, 0.25) is 0 Å². The minimum absolute atomic E-state index is 0.302. The Kier molecular flexibility index (Phi) is 3.75. The third-order valence-corrected chi connectivity index (χ3v) is 2.60. The lowest BCUT2D eigenvalue weighted by Gasteiger charge is -2.07. The van der Waals surface area contributed by atoms with Crippen LogP contribution >= 0.6 is 0 Å². The molecule has 4 heteroatoms. The molecule has 0 unspecified atom stereocenters. The molecule has 0 heterocycles. The van der Waals surface area contributed by atoms with Gasteiger partial charge >= 0.3 is 0 Å². The third-order valence-electron chi connectivity index (χ3n) is 2.60. The van der Waals surface area contributed by atoms with Gasteiger partial charge in [0, 0.05) is 12.2 Å². The Morgan fingerprint density at radius 1 is 0.947 bits per heavy atom. The summed E-state index contributed by atoms with van der Waals surface area (Å²) in [5.74, 6) is -0.421. The Bertz CT molecular complexity index is 663. The molecule has 0 aromatic heterocycles. The van der Waals surface area contributed by atoms with Crippen LogP contribution in [0.5, 0.6) is 0 Å². The lowest BCUT2D eigenvalue weighted by atomic mass is 10.1. The van der Waals surface area contributed by atoms with Crippen molar-refractivity contribution in [2.45, 2.75) is 6.54 Å². The van der Waals surface area contributed by atoms with Crippen LogP contribution < -0.4 is 5.32 Å². The lowest BCUT2D eigenvalue weighted by Crippen LogP contribution is -2.00. The molecule has 0 bridgehead atoms. The first-order valence-corrected chi connectivity index (χ1v) is 5.65. The van der Waals surface area contributed by atoms with Crippen LogP contribution in [-0.4, -0.2) is 0 Å². The SMILES string of the molecule is N#Cc1ccc(NCc2cc(F)cc(C#N)c2)cc1. The standard InChI is InChI=1S/C15H10FN3/c16-14-6-12(9-18)5-13(7-14)10-19-15-3-1-11(8-17)2-4-15/h1-7,19H,10H2. The van der Waals surface area contributed by atoms with E-state index in [1.165, 1.54) is 12.1 Å². The molecule has 2 aromatic rings. The summed E-state index contributed by atoms with van der Waals surface area (Å²) in [5, 5.41) is 20.5. The molecule has 0 aliphatic rings. The predicted octanol–water partition coefficient (Wildman–Crippen LogP) is 3.18. The Labute approximate surface area is 110 Å². The van der Waals surface area contributed by atoms with E-state index < -0.39 is 5.82 Å². The van der Waals surface area contributed by atoms with E-state index in [4.69, 9.17) is 10.5 Å². The summed E-state index contributed by atoms with van der Waals surface area (Å²) < 4.78 is 13.2. The topological polar surface area (TPSA) is 59.6 Å². The van der Waals surface area contributed by atoms with Gasteiger partial charge in [0.05, 0.1) is 23.3 Å². The molecule has 0 saturated heterocycles. The molecule has 2 aromatic carbocycles. The van der Waals surface area contributed by atoms with Crippen LogP contribution in [0.4, 0.5) is 10.1 Å². The Balaban J connectivity index is 2.08. The van der Waals surface area contributed by atoms with E-state index in [0.29, 0.717) is 23.2 Å². The third kappa shape index (κ3) is 3.31. The normalized spacial score (nSPS) is 9.42. The van der Waals surface area contributed by atoms with Crippen molar-refractivity contribution >= 4 is 5.69 Å². The molecule has 0 saturated carbocycles. The molecule has 19 heavy (non-hydrogen) atoms. The van der Waals surface area contributed by atoms with Gasteiger partial charge in [-0.2, -0.15) is 10.5 Å². The second-order valence-corrected chi connectivity index (χ2v) is 4.00. The van der Waals surface area contributed by atoms with Crippen molar-refractivity contribution < 1.29 is 4.39 Å². The summed E-state index contributed by atoms with van der Waals surface area (Å²) in [4.78, 5) is 0. The minimum Gasteiger partial charge on any atom is -0.381 e. The average molecular weight is 251 g/mol. The van der Waals surface area contributed by atoms with Crippen molar-refractivity contribution in [3.8, 4) is 12.1 Å². The van der Waals surface area contributed by atoms with Crippen LogP contribution in [0.1, 0.15) is 16.7 Å². The van der Waals surface area contributed by atoms with E-state index in [-0.39, 0.29) is 0 Å². The number of rotatable bonds is 3. The van der Waals surface area contributed by atoms with Gasteiger partial charge in [0.1, 0.15) is 5.82 Å². The Hall–Kier alpha value is -2.85. The van der Waals surface area contributed by atoms with Crippen LogP contribution in [0, 0.1) is 28.5 Å². The molecule has 0 radical (unpaired) electrons. The zero-order valence-electron chi connectivity index (χ0n) is 10.0. The number of hydrogen-bond donors (Lipinski definition) is 1. The van der Waals surface area contributed by atoms with E-state index in [0.717, 1.165) is 5.69 Å². The molecule has 0 atom stereocenters.